The summed E-state index contributed by atoms with van der Waals surface area (Å²) in [5, 5.41) is 9.53. The number of hydrogen-bond donors (Lipinski definition) is 1. The summed E-state index contributed by atoms with van der Waals surface area (Å²) in [7, 11) is -3.39. The zero-order valence-corrected chi connectivity index (χ0v) is 18.3. The van der Waals surface area contributed by atoms with E-state index in [1.807, 2.05) is 72.8 Å². The first-order chi connectivity index (χ1) is 14.9. The van der Waals surface area contributed by atoms with Crippen LogP contribution in [0.1, 0.15) is 36.0 Å². The summed E-state index contributed by atoms with van der Waals surface area (Å²) in [5.41, 5.74) is 2.94. The monoisotopic (exact) mass is 436 g/mol. The van der Waals surface area contributed by atoms with Crippen LogP contribution in [-0.4, -0.2) is 19.5 Å². The summed E-state index contributed by atoms with van der Waals surface area (Å²) in [4.78, 5) is 11.9. The molecular weight excluding hydrogens is 408 g/mol. The average Bonchev–Trinajstić information content (AvgIpc) is 2.77. The first-order valence-corrected chi connectivity index (χ1v) is 12.2. The summed E-state index contributed by atoms with van der Waals surface area (Å²) in [5.74, 6) is -1.14. The fourth-order valence-electron chi connectivity index (χ4n) is 3.67. The van der Waals surface area contributed by atoms with Crippen LogP contribution in [0.4, 0.5) is 0 Å². The molecule has 0 saturated heterocycles. The maximum absolute atomic E-state index is 12.6. The van der Waals surface area contributed by atoms with Gasteiger partial charge in [-0.25, -0.2) is 8.42 Å². The summed E-state index contributed by atoms with van der Waals surface area (Å²) in [6, 6.07) is 26.0. The lowest BCUT2D eigenvalue weighted by Gasteiger charge is -2.12. The van der Waals surface area contributed by atoms with Crippen molar-refractivity contribution in [2.24, 2.45) is 5.92 Å². The number of rotatable bonds is 11. The molecule has 5 heteroatoms. The molecule has 0 aliphatic carbocycles. The average molecular weight is 437 g/mol. The van der Waals surface area contributed by atoms with Crippen molar-refractivity contribution in [1.29, 1.82) is 0 Å². The van der Waals surface area contributed by atoms with E-state index < -0.39 is 15.8 Å². The maximum atomic E-state index is 12.6. The smallest absolute Gasteiger partial charge is 0.306 e. The van der Waals surface area contributed by atoms with E-state index in [4.69, 9.17) is 0 Å². The van der Waals surface area contributed by atoms with Crippen molar-refractivity contribution in [1.82, 2.24) is 0 Å². The van der Waals surface area contributed by atoms with E-state index in [0.717, 1.165) is 36.0 Å². The highest BCUT2D eigenvalue weighted by Crippen LogP contribution is 2.20. The minimum absolute atomic E-state index is 0.0190. The van der Waals surface area contributed by atoms with Gasteiger partial charge in [0.1, 0.15) is 0 Å². The summed E-state index contributed by atoms with van der Waals surface area (Å²) in [6.45, 7) is 0. The number of hydrogen-bond acceptors (Lipinski definition) is 3. The molecule has 162 valence electrons. The zero-order valence-electron chi connectivity index (χ0n) is 17.5. The minimum atomic E-state index is -3.39. The number of aryl methyl sites for hydroxylation is 2. The number of carboxylic acids is 1. The second-order valence-electron chi connectivity index (χ2n) is 7.84. The van der Waals surface area contributed by atoms with Crippen molar-refractivity contribution in [3.63, 3.8) is 0 Å². The predicted octanol–water partition coefficient (Wildman–Crippen LogP) is 5.32. The Morgan fingerprint density at radius 3 is 1.84 bits per heavy atom. The van der Waals surface area contributed by atoms with Crippen LogP contribution in [0, 0.1) is 5.92 Å². The number of carboxylic acid groups (broad SMARTS) is 1. The van der Waals surface area contributed by atoms with Crippen LogP contribution >= 0.6 is 0 Å². The van der Waals surface area contributed by atoms with Crippen LogP contribution in [0.3, 0.4) is 0 Å². The van der Waals surface area contributed by atoms with Gasteiger partial charge in [-0.1, -0.05) is 72.8 Å². The quantitative estimate of drug-likeness (QED) is 0.442. The van der Waals surface area contributed by atoms with Gasteiger partial charge >= 0.3 is 5.97 Å². The molecule has 0 bridgehead atoms. The molecule has 3 aromatic rings. The normalized spacial score (nSPS) is 12.4. The molecule has 0 aromatic heterocycles. The highest BCUT2D eigenvalue weighted by molar-refractivity contribution is 7.90. The molecule has 3 rings (SSSR count). The molecular formula is C26H28O4S. The van der Waals surface area contributed by atoms with Gasteiger partial charge in [0.2, 0.25) is 0 Å². The van der Waals surface area contributed by atoms with Crippen LogP contribution in [0.5, 0.6) is 0 Å². The summed E-state index contributed by atoms with van der Waals surface area (Å²) < 4.78 is 25.2. The number of aliphatic carboxylic acids is 1. The molecule has 0 aliphatic rings. The molecule has 1 unspecified atom stereocenters. The highest BCUT2D eigenvalue weighted by Gasteiger charge is 2.18. The van der Waals surface area contributed by atoms with Gasteiger partial charge in [0.25, 0.3) is 0 Å². The standard InChI is InChI=1S/C26H28O4S/c27-26(28)24(17-14-21-8-3-1-4-9-21)13-7-12-22-15-18-25(19-16-22)31(29,30)20-23-10-5-2-6-11-23/h1-6,8-11,15-16,18-19,24H,7,12-14,17,20H2,(H,27,28). The van der Waals surface area contributed by atoms with E-state index in [1.54, 1.807) is 12.1 Å². The third kappa shape index (κ3) is 7.07. The van der Waals surface area contributed by atoms with Crippen LogP contribution < -0.4 is 0 Å². The van der Waals surface area contributed by atoms with Gasteiger partial charge in [-0.3, -0.25) is 4.79 Å². The van der Waals surface area contributed by atoms with Crippen molar-refractivity contribution in [3.8, 4) is 0 Å². The Balaban J connectivity index is 1.51. The number of benzene rings is 3. The number of carbonyl (C=O) groups is 1. The highest BCUT2D eigenvalue weighted by atomic mass is 32.2. The molecule has 1 N–H and O–H groups in total. The first-order valence-electron chi connectivity index (χ1n) is 10.6. The largest absolute Gasteiger partial charge is 0.481 e. The Bertz CT molecular complexity index is 1060. The van der Waals surface area contributed by atoms with E-state index in [-0.39, 0.29) is 11.7 Å². The van der Waals surface area contributed by atoms with E-state index >= 15 is 0 Å². The molecule has 0 amide bonds. The van der Waals surface area contributed by atoms with Crippen molar-refractivity contribution in [3.05, 3.63) is 102 Å². The predicted molar refractivity (Wildman–Crippen MR) is 123 cm³/mol. The molecule has 3 aromatic carbocycles. The number of sulfone groups is 1. The Morgan fingerprint density at radius 2 is 1.26 bits per heavy atom. The van der Waals surface area contributed by atoms with Gasteiger partial charge in [0.15, 0.2) is 9.84 Å². The lowest BCUT2D eigenvalue weighted by Crippen LogP contribution is -2.15. The van der Waals surface area contributed by atoms with E-state index in [9.17, 15) is 18.3 Å². The van der Waals surface area contributed by atoms with Gasteiger partial charge in [-0.2, -0.15) is 0 Å². The van der Waals surface area contributed by atoms with Crippen LogP contribution in [0.25, 0.3) is 0 Å². The summed E-state index contributed by atoms with van der Waals surface area (Å²) in [6.07, 6.45) is 3.47. The van der Waals surface area contributed by atoms with Crippen molar-refractivity contribution >= 4 is 15.8 Å². The van der Waals surface area contributed by atoms with Gasteiger partial charge in [-0.15, -0.1) is 0 Å². The fraction of sp³-hybridized carbons (Fsp3) is 0.269. The van der Waals surface area contributed by atoms with Gasteiger partial charge in [-0.05, 0) is 60.9 Å². The lowest BCUT2D eigenvalue weighted by molar-refractivity contribution is -0.142. The van der Waals surface area contributed by atoms with Crippen molar-refractivity contribution in [2.45, 2.75) is 42.8 Å². The van der Waals surface area contributed by atoms with Crippen molar-refractivity contribution in [2.75, 3.05) is 0 Å². The van der Waals surface area contributed by atoms with E-state index in [0.29, 0.717) is 17.7 Å². The molecule has 0 aliphatic heterocycles. The molecule has 0 radical (unpaired) electrons. The van der Waals surface area contributed by atoms with Crippen LogP contribution in [0.15, 0.2) is 89.8 Å². The summed E-state index contributed by atoms with van der Waals surface area (Å²) >= 11 is 0. The fourth-order valence-corrected chi connectivity index (χ4v) is 5.02. The third-order valence-corrected chi connectivity index (χ3v) is 7.18. The van der Waals surface area contributed by atoms with Crippen molar-refractivity contribution < 1.29 is 18.3 Å². The van der Waals surface area contributed by atoms with E-state index in [1.165, 1.54) is 0 Å². The van der Waals surface area contributed by atoms with Crippen LogP contribution in [0.2, 0.25) is 0 Å². The van der Waals surface area contributed by atoms with Gasteiger partial charge in [0.05, 0.1) is 16.6 Å². The lowest BCUT2D eigenvalue weighted by atomic mass is 9.93. The molecule has 0 spiro atoms. The molecule has 0 fully saturated rings. The Morgan fingerprint density at radius 1 is 0.710 bits per heavy atom. The zero-order chi connectivity index (χ0) is 22.1. The minimum Gasteiger partial charge on any atom is -0.481 e. The Kier molecular flexibility index (Phi) is 8.01. The Labute approximate surface area is 184 Å². The van der Waals surface area contributed by atoms with Gasteiger partial charge < -0.3 is 5.11 Å². The van der Waals surface area contributed by atoms with Gasteiger partial charge in [0, 0.05) is 0 Å². The Hall–Kier alpha value is -2.92. The van der Waals surface area contributed by atoms with Crippen LogP contribution in [-0.2, 0) is 33.2 Å². The van der Waals surface area contributed by atoms with E-state index in [2.05, 4.69) is 0 Å². The maximum Gasteiger partial charge on any atom is 0.306 e. The molecule has 1 atom stereocenters. The topological polar surface area (TPSA) is 71.4 Å². The second kappa shape index (κ2) is 10.9. The molecule has 0 saturated carbocycles. The second-order valence-corrected chi connectivity index (χ2v) is 9.83. The molecule has 4 nitrogen and oxygen atoms in total. The first kappa shape index (κ1) is 22.8. The molecule has 0 heterocycles. The third-order valence-electron chi connectivity index (χ3n) is 5.47. The molecule has 31 heavy (non-hydrogen) atoms. The SMILES string of the molecule is O=C(O)C(CCCc1ccc(S(=O)(=O)Cc2ccccc2)cc1)CCc1ccccc1.